The maximum Gasteiger partial charge on any atom is 0.323 e. The molecule has 7 nitrogen and oxygen atoms in total. The van der Waals surface area contributed by atoms with E-state index in [1.807, 2.05) is 18.2 Å². The van der Waals surface area contributed by atoms with Gasteiger partial charge < -0.3 is 19.8 Å². The number of carbonyl (C=O) groups excluding carboxylic acids is 1. The number of fused-ring (bicyclic) bond motifs is 5. The third-order valence-electron chi connectivity index (χ3n) is 11.7. The Kier molecular flexibility index (Phi) is 12.0. The third-order valence-corrected chi connectivity index (χ3v) is 14.2. The van der Waals surface area contributed by atoms with Crippen LogP contribution >= 0.6 is 35.7 Å². The first kappa shape index (κ1) is 42.6. The quantitative estimate of drug-likeness (QED) is 0.124. The molecular weight excluding hydrogens is 873 g/mol. The minimum atomic E-state index is -1.08. The number of carboxylic acid groups (broad SMARTS) is 1. The molecule has 0 spiro atoms. The van der Waals surface area contributed by atoms with E-state index in [9.17, 15) is 9.59 Å². The summed E-state index contributed by atoms with van der Waals surface area (Å²) in [6, 6.07) is 60.3. The van der Waals surface area contributed by atoms with Crippen molar-refractivity contribution in [2.45, 2.75) is 11.8 Å². The zero-order valence-corrected chi connectivity index (χ0v) is 38.3. The minimum absolute atomic E-state index is 0.279. The van der Waals surface area contributed by atoms with E-state index in [1.165, 1.54) is 61.0 Å². The van der Waals surface area contributed by atoms with Gasteiger partial charge in [-0.15, -0.1) is 0 Å². The van der Waals surface area contributed by atoms with E-state index in [0.717, 1.165) is 45.3 Å². The van der Waals surface area contributed by atoms with Crippen molar-refractivity contribution in [3.63, 3.8) is 0 Å². The Morgan fingerprint density at radius 1 is 0.530 bits per heavy atom. The van der Waals surface area contributed by atoms with Crippen LogP contribution in [0.5, 0.6) is 0 Å². The first-order valence-electron chi connectivity index (χ1n) is 21.6. The molecule has 1 saturated heterocycles. The largest absolute Gasteiger partial charge is 0.480 e. The lowest BCUT2D eigenvalue weighted by atomic mass is 10.0. The predicted molar refractivity (Wildman–Crippen MR) is 280 cm³/mol. The number of thioether (sulfide) groups is 2. The Morgan fingerprint density at radius 3 is 1.36 bits per heavy atom. The van der Waals surface area contributed by atoms with Crippen LogP contribution < -0.4 is 14.7 Å². The van der Waals surface area contributed by atoms with Crippen LogP contribution in [-0.4, -0.2) is 39.3 Å². The standard InChI is InChI=1S/C40H28N2.C16H14N2O3S3/c1-5-13-37-31(9-1)17-18-32-10-2-6-14-38(32)41(37)35-25-21-29(22-26-35)30-23-27-36(28-24-30)42-39-15-7-3-11-33(39)19-20-34-12-4-8-16-40(34)42;1-2-17-10-5-3-4-6-11(10)23-13(17)8-7-12-15(21)18(9-14(19)20)16(22)24-12/h1-28H;3-8H,2,9H2,1H3,(H,19,20)/b;12-7+,13-8-. The number of carboxylic acids is 1. The molecule has 0 aliphatic carbocycles. The summed E-state index contributed by atoms with van der Waals surface area (Å²) in [5, 5.41) is 9.89. The number of amides is 1. The molecule has 0 atom stereocenters. The Bertz CT molecular complexity index is 2910. The third kappa shape index (κ3) is 8.38. The molecular formula is C56H42N4O3S3. The van der Waals surface area contributed by atoms with E-state index in [-0.39, 0.29) is 10.2 Å². The SMILES string of the molecule is C1=Cc2ccccc2N(c2ccc(-c3ccc(N4c5ccccc5C=Cc5ccccc54)cc3)cc2)c2ccccc21.CCN1/C(=C/C=C2/SC(=S)N(CC(=O)O)C2=O)Sc2ccccc21. The average molecular weight is 915 g/mol. The Hall–Kier alpha value is -7.37. The first-order chi connectivity index (χ1) is 32.3. The first-order valence-corrected chi connectivity index (χ1v) is 23.6. The van der Waals surface area contributed by atoms with Crippen molar-refractivity contribution in [1.82, 2.24) is 4.90 Å². The Morgan fingerprint density at radius 2 is 0.939 bits per heavy atom. The second-order valence-corrected chi connectivity index (χ2v) is 18.4. The van der Waals surface area contributed by atoms with E-state index >= 15 is 0 Å². The van der Waals surface area contributed by atoms with Crippen molar-refractivity contribution >= 4 is 116 Å². The predicted octanol–water partition coefficient (Wildman–Crippen LogP) is 14.5. The number of aliphatic carboxylic acids is 1. The van der Waals surface area contributed by atoms with Crippen LogP contribution in [0.2, 0.25) is 0 Å². The number of para-hydroxylation sites is 5. The summed E-state index contributed by atoms with van der Waals surface area (Å²) in [4.78, 5) is 32.7. The second-order valence-electron chi connectivity index (χ2n) is 15.7. The monoisotopic (exact) mass is 914 g/mol. The molecule has 4 heterocycles. The maximum atomic E-state index is 12.3. The molecule has 4 aliphatic rings. The molecule has 322 valence electrons. The van der Waals surface area contributed by atoms with Crippen LogP contribution in [0.3, 0.4) is 0 Å². The Balaban J connectivity index is 0.000000181. The zero-order valence-electron chi connectivity index (χ0n) is 35.8. The van der Waals surface area contributed by atoms with E-state index in [2.05, 4.69) is 204 Å². The minimum Gasteiger partial charge on any atom is -0.480 e. The number of hydrogen-bond donors (Lipinski definition) is 1. The fraction of sp³-hybridized carbons (Fsp3) is 0.0536. The molecule has 1 N–H and O–H groups in total. The highest BCUT2D eigenvalue weighted by atomic mass is 32.2. The number of thiocarbonyl (C=S) groups is 1. The van der Waals surface area contributed by atoms with Gasteiger partial charge in [-0.25, -0.2) is 0 Å². The fourth-order valence-corrected chi connectivity index (χ4v) is 10.9. The molecule has 0 saturated carbocycles. The Labute approximate surface area is 398 Å². The van der Waals surface area contributed by atoms with Gasteiger partial charge in [-0.2, -0.15) is 0 Å². The summed E-state index contributed by atoms with van der Waals surface area (Å²) in [7, 11) is 0. The lowest BCUT2D eigenvalue weighted by molar-refractivity contribution is -0.140. The van der Waals surface area contributed by atoms with Gasteiger partial charge in [0.2, 0.25) is 0 Å². The molecule has 7 aromatic carbocycles. The number of hydrogen-bond acceptors (Lipinski definition) is 8. The van der Waals surface area contributed by atoms with Crippen LogP contribution in [-0.2, 0) is 9.59 Å². The normalized spacial score (nSPS) is 15.7. The number of benzene rings is 7. The van der Waals surface area contributed by atoms with Crippen LogP contribution in [0.4, 0.5) is 39.8 Å². The zero-order chi connectivity index (χ0) is 45.1. The number of nitrogens with zero attached hydrogens (tertiary/aromatic N) is 4. The average Bonchev–Trinajstić information content (AvgIpc) is 3.70. The molecule has 66 heavy (non-hydrogen) atoms. The van der Waals surface area contributed by atoms with Crippen LogP contribution in [0.25, 0.3) is 35.4 Å². The van der Waals surface area contributed by atoms with Crippen molar-refractivity contribution < 1.29 is 14.7 Å². The van der Waals surface area contributed by atoms with Gasteiger partial charge in [0.1, 0.15) is 10.9 Å². The summed E-state index contributed by atoms with van der Waals surface area (Å²) in [6.45, 7) is 2.49. The van der Waals surface area contributed by atoms with Gasteiger partial charge >= 0.3 is 5.97 Å². The fourth-order valence-electron chi connectivity index (χ4n) is 8.55. The summed E-state index contributed by atoms with van der Waals surface area (Å²) in [5.74, 6) is -1.43. The summed E-state index contributed by atoms with van der Waals surface area (Å²) in [5.41, 5.74) is 15.4. The van der Waals surface area contributed by atoms with Crippen LogP contribution in [0, 0.1) is 0 Å². The van der Waals surface area contributed by atoms with Gasteiger partial charge in [0, 0.05) is 22.8 Å². The molecule has 7 aromatic rings. The number of allylic oxidation sites excluding steroid dienone is 2. The molecule has 1 fully saturated rings. The maximum absolute atomic E-state index is 12.3. The summed E-state index contributed by atoms with van der Waals surface area (Å²) < 4.78 is 0.279. The van der Waals surface area contributed by atoms with Gasteiger partial charge in [-0.05, 0) is 113 Å². The van der Waals surface area contributed by atoms with Gasteiger partial charge in [0.05, 0.1) is 38.4 Å². The molecule has 10 heteroatoms. The van der Waals surface area contributed by atoms with Crippen molar-refractivity contribution in [1.29, 1.82) is 0 Å². The van der Waals surface area contributed by atoms with E-state index < -0.39 is 12.5 Å². The number of rotatable bonds is 7. The molecule has 0 unspecified atom stereocenters. The molecule has 0 radical (unpaired) electrons. The second kappa shape index (κ2) is 18.6. The van der Waals surface area contributed by atoms with Crippen LogP contribution in [0.15, 0.2) is 197 Å². The number of carbonyl (C=O) groups is 2. The number of anilines is 7. The van der Waals surface area contributed by atoms with Gasteiger partial charge in [0.25, 0.3) is 5.91 Å². The van der Waals surface area contributed by atoms with E-state index in [4.69, 9.17) is 17.3 Å². The highest BCUT2D eigenvalue weighted by Crippen LogP contribution is 2.47. The smallest absolute Gasteiger partial charge is 0.323 e. The molecule has 11 rings (SSSR count). The summed E-state index contributed by atoms with van der Waals surface area (Å²) >= 11 is 7.87. The van der Waals surface area contributed by atoms with Crippen molar-refractivity contribution in [3.8, 4) is 11.1 Å². The molecule has 1 amide bonds. The van der Waals surface area contributed by atoms with Crippen molar-refractivity contribution in [2.24, 2.45) is 0 Å². The highest BCUT2D eigenvalue weighted by molar-refractivity contribution is 8.26. The van der Waals surface area contributed by atoms with Gasteiger partial charge in [-0.3, -0.25) is 14.5 Å². The lowest BCUT2D eigenvalue weighted by Gasteiger charge is -2.27. The van der Waals surface area contributed by atoms with Crippen molar-refractivity contribution in [2.75, 3.05) is 27.8 Å². The molecule has 0 bridgehead atoms. The van der Waals surface area contributed by atoms with E-state index in [0.29, 0.717) is 4.91 Å². The van der Waals surface area contributed by atoms with E-state index in [1.54, 1.807) is 17.8 Å². The topological polar surface area (TPSA) is 67.3 Å². The summed E-state index contributed by atoms with van der Waals surface area (Å²) in [6.07, 6.45) is 12.4. The van der Waals surface area contributed by atoms with Gasteiger partial charge in [-0.1, -0.05) is 169 Å². The molecule has 0 aromatic heterocycles. The van der Waals surface area contributed by atoms with Crippen molar-refractivity contribution in [3.05, 3.63) is 214 Å². The van der Waals surface area contributed by atoms with Crippen LogP contribution in [0.1, 0.15) is 29.2 Å². The highest BCUT2D eigenvalue weighted by Gasteiger charge is 2.33. The molecule has 4 aliphatic heterocycles. The lowest BCUT2D eigenvalue weighted by Crippen LogP contribution is -2.33. The van der Waals surface area contributed by atoms with Gasteiger partial charge in [0.15, 0.2) is 0 Å².